The van der Waals surface area contributed by atoms with Crippen LogP contribution in [0.2, 0.25) is 0 Å². The van der Waals surface area contributed by atoms with Crippen LogP contribution in [0, 0.1) is 3.57 Å². The van der Waals surface area contributed by atoms with Crippen LogP contribution in [0.1, 0.15) is 16.7 Å². The Labute approximate surface area is 190 Å². The highest BCUT2D eigenvalue weighted by atomic mass is 127. The van der Waals surface area contributed by atoms with Crippen molar-refractivity contribution in [2.75, 3.05) is 0 Å². The van der Waals surface area contributed by atoms with Crippen LogP contribution in [-0.2, 0) is 16.1 Å². The lowest BCUT2D eigenvalue weighted by molar-refractivity contribution is -0.129. The number of carbonyl (C=O) groups is 1. The van der Waals surface area contributed by atoms with E-state index in [1.807, 2.05) is 72.8 Å². The Morgan fingerprint density at radius 3 is 2.52 bits per heavy atom. The van der Waals surface area contributed by atoms with Crippen molar-refractivity contribution in [2.24, 2.45) is 4.99 Å². The SMILES string of the molecule is O=C1OC(c2ccc(Br)cc2)=N/C1=C\c1ccccc1OCc1ccccc1I. The summed E-state index contributed by atoms with van der Waals surface area (Å²) in [6.45, 7) is 0.442. The Morgan fingerprint density at radius 2 is 1.72 bits per heavy atom. The third-order valence-electron chi connectivity index (χ3n) is 4.26. The molecule has 0 aliphatic carbocycles. The monoisotopic (exact) mass is 559 g/mol. The van der Waals surface area contributed by atoms with Gasteiger partial charge in [-0.1, -0.05) is 52.3 Å². The molecule has 0 atom stereocenters. The van der Waals surface area contributed by atoms with Gasteiger partial charge in [-0.2, -0.15) is 0 Å². The Morgan fingerprint density at radius 1 is 1.00 bits per heavy atom. The molecule has 144 valence electrons. The van der Waals surface area contributed by atoms with Gasteiger partial charge < -0.3 is 9.47 Å². The van der Waals surface area contributed by atoms with Crippen molar-refractivity contribution in [3.05, 3.63) is 103 Å². The topological polar surface area (TPSA) is 47.9 Å². The molecule has 3 aromatic rings. The van der Waals surface area contributed by atoms with Crippen molar-refractivity contribution in [1.82, 2.24) is 0 Å². The van der Waals surface area contributed by atoms with E-state index in [-0.39, 0.29) is 5.70 Å². The summed E-state index contributed by atoms with van der Waals surface area (Å²) in [7, 11) is 0. The standard InChI is InChI=1S/C23H15BrINO3/c24-18-11-9-15(10-12-18)22-26-20(23(27)29-22)13-16-5-2-4-8-21(16)28-14-17-6-1-3-7-19(17)25/h1-13H,14H2/b20-13-. The van der Waals surface area contributed by atoms with Gasteiger partial charge in [0.15, 0.2) is 5.70 Å². The van der Waals surface area contributed by atoms with Crippen molar-refractivity contribution in [3.8, 4) is 5.75 Å². The summed E-state index contributed by atoms with van der Waals surface area (Å²) in [6, 6.07) is 23.1. The van der Waals surface area contributed by atoms with Crippen LogP contribution in [0.15, 0.2) is 88.0 Å². The van der Waals surface area contributed by atoms with Crippen LogP contribution in [-0.4, -0.2) is 11.9 Å². The maximum Gasteiger partial charge on any atom is 0.363 e. The summed E-state index contributed by atoms with van der Waals surface area (Å²) >= 11 is 5.68. The molecule has 0 saturated heterocycles. The Balaban J connectivity index is 1.58. The van der Waals surface area contributed by atoms with E-state index in [2.05, 4.69) is 43.5 Å². The van der Waals surface area contributed by atoms with Gasteiger partial charge in [-0.3, -0.25) is 0 Å². The van der Waals surface area contributed by atoms with Crippen LogP contribution in [0.5, 0.6) is 5.75 Å². The molecule has 0 aromatic heterocycles. The molecule has 1 heterocycles. The minimum Gasteiger partial charge on any atom is -0.488 e. The summed E-state index contributed by atoms with van der Waals surface area (Å²) < 4.78 is 13.4. The highest BCUT2D eigenvalue weighted by molar-refractivity contribution is 14.1. The van der Waals surface area contributed by atoms with Crippen LogP contribution in [0.25, 0.3) is 6.08 Å². The first kappa shape index (κ1) is 19.8. The summed E-state index contributed by atoms with van der Waals surface area (Å²) in [4.78, 5) is 16.7. The average Bonchev–Trinajstić information content (AvgIpc) is 3.09. The number of esters is 1. The first-order chi connectivity index (χ1) is 14.1. The molecule has 0 bridgehead atoms. The second-order valence-corrected chi connectivity index (χ2v) is 8.34. The number of halogens is 2. The van der Waals surface area contributed by atoms with E-state index in [1.54, 1.807) is 6.08 Å². The number of hydrogen-bond donors (Lipinski definition) is 0. The summed E-state index contributed by atoms with van der Waals surface area (Å²) in [6.07, 6.45) is 1.69. The third kappa shape index (κ3) is 4.76. The molecule has 0 spiro atoms. The largest absolute Gasteiger partial charge is 0.488 e. The molecule has 6 heteroatoms. The van der Waals surface area contributed by atoms with E-state index in [0.717, 1.165) is 24.7 Å². The number of carbonyl (C=O) groups excluding carboxylic acids is 1. The molecular formula is C23H15BrINO3. The van der Waals surface area contributed by atoms with E-state index < -0.39 is 5.97 Å². The predicted octanol–water partition coefficient (Wildman–Crippen LogP) is 5.98. The predicted molar refractivity (Wildman–Crippen MR) is 125 cm³/mol. The molecule has 0 amide bonds. The van der Waals surface area contributed by atoms with E-state index in [4.69, 9.17) is 9.47 Å². The lowest BCUT2D eigenvalue weighted by Crippen LogP contribution is -2.05. The van der Waals surface area contributed by atoms with E-state index in [9.17, 15) is 4.79 Å². The summed E-state index contributed by atoms with van der Waals surface area (Å²) in [5.74, 6) is 0.501. The summed E-state index contributed by atoms with van der Waals surface area (Å²) in [5, 5.41) is 0. The molecule has 0 saturated carbocycles. The number of para-hydroxylation sites is 1. The third-order valence-corrected chi connectivity index (χ3v) is 5.84. The Kier molecular flexibility index (Phi) is 6.10. The first-order valence-electron chi connectivity index (χ1n) is 8.84. The molecule has 3 aromatic carbocycles. The second kappa shape index (κ2) is 8.92. The fraction of sp³-hybridized carbons (Fsp3) is 0.0435. The fourth-order valence-corrected chi connectivity index (χ4v) is 3.58. The van der Waals surface area contributed by atoms with Crippen molar-refractivity contribution >= 4 is 56.5 Å². The van der Waals surface area contributed by atoms with Gasteiger partial charge in [-0.15, -0.1) is 0 Å². The number of cyclic esters (lactones) is 1. The van der Waals surface area contributed by atoms with Gasteiger partial charge in [0.05, 0.1) is 0 Å². The number of aliphatic imine (C=N–C) groups is 1. The zero-order chi connectivity index (χ0) is 20.2. The molecule has 0 N–H and O–H groups in total. The molecule has 0 unspecified atom stereocenters. The lowest BCUT2D eigenvalue weighted by atomic mass is 10.1. The molecule has 0 fully saturated rings. The minimum atomic E-state index is -0.477. The van der Waals surface area contributed by atoms with Gasteiger partial charge in [0.1, 0.15) is 12.4 Å². The van der Waals surface area contributed by atoms with Gasteiger partial charge in [0, 0.05) is 24.7 Å². The maximum absolute atomic E-state index is 12.3. The molecule has 4 rings (SSSR count). The molecular weight excluding hydrogens is 545 g/mol. The van der Waals surface area contributed by atoms with Crippen LogP contribution < -0.4 is 4.74 Å². The first-order valence-corrected chi connectivity index (χ1v) is 10.7. The minimum absolute atomic E-state index is 0.244. The number of hydrogen-bond acceptors (Lipinski definition) is 4. The number of nitrogens with zero attached hydrogens (tertiary/aromatic N) is 1. The number of ether oxygens (including phenoxy) is 2. The molecule has 29 heavy (non-hydrogen) atoms. The highest BCUT2D eigenvalue weighted by Gasteiger charge is 2.24. The molecule has 0 radical (unpaired) electrons. The normalized spacial score (nSPS) is 14.6. The maximum atomic E-state index is 12.3. The van der Waals surface area contributed by atoms with Crippen molar-refractivity contribution in [2.45, 2.75) is 6.61 Å². The van der Waals surface area contributed by atoms with E-state index in [1.165, 1.54) is 0 Å². The summed E-state index contributed by atoms with van der Waals surface area (Å²) in [5.41, 5.74) is 2.86. The highest BCUT2D eigenvalue weighted by Crippen LogP contribution is 2.26. The fourth-order valence-electron chi connectivity index (χ4n) is 2.77. The van der Waals surface area contributed by atoms with Crippen LogP contribution >= 0.6 is 38.5 Å². The molecule has 1 aliphatic rings. The number of rotatable bonds is 5. The van der Waals surface area contributed by atoms with Crippen molar-refractivity contribution < 1.29 is 14.3 Å². The molecule has 4 nitrogen and oxygen atoms in total. The zero-order valence-electron chi connectivity index (χ0n) is 15.1. The van der Waals surface area contributed by atoms with Crippen LogP contribution in [0.3, 0.4) is 0 Å². The second-order valence-electron chi connectivity index (χ2n) is 6.26. The quantitative estimate of drug-likeness (QED) is 0.219. The van der Waals surface area contributed by atoms with Gasteiger partial charge in [-0.25, -0.2) is 9.79 Å². The smallest absolute Gasteiger partial charge is 0.363 e. The van der Waals surface area contributed by atoms with Crippen LogP contribution in [0.4, 0.5) is 0 Å². The van der Waals surface area contributed by atoms with E-state index >= 15 is 0 Å². The Hall–Kier alpha value is -2.45. The lowest BCUT2D eigenvalue weighted by Gasteiger charge is -2.10. The zero-order valence-corrected chi connectivity index (χ0v) is 18.9. The number of benzene rings is 3. The van der Waals surface area contributed by atoms with Crippen molar-refractivity contribution in [1.29, 1.82) is 0 Å². The Bertz CT molecular complexity index is 1120. The van der Waals surface area contributed by atoms with Gasteiger partial charge in [0.2, 0.25) is 5.90 Å². The average molecular weight is 560 g/mol. The van der Waals surface area contributed by atoms with Crippen molar-refractivity contribution in [3.63, 3.8) is 0 Å². The van der Waals surface area contributed by atoms with E-state index in [0.29, 0.717) is 18.3 Å². The van der Waals surface area contributed by atoms with Gasteiger partial charge in [-0.05, 0) is 65.1 Å². The van der Waals surface area contributed by atoms with Gasteiger partial charge in [0.25, 0.3) is 0 Å². The van der Waals surface area contributed by atoms with Gasteiger partial charge >= 0.3 is 5.97 Å². The molecule has 1 aliphatic heterocycles.